The number of amides is 1. The fourth-order valence-corrected chi connectivity index (χ4v) is 1.63. The molecular formula is C7H7NO5S. The Labute approximate surface area is 79.7 Å². The predicted octanol–water partition coefficient (Wildman–Crippen LogP) is 0.0873. The zero-order valence-electron chi connectivity index (χ0n) is 6.93. The first-order valence-electron chi connectivity index (χ1n) is 3.83. The summed E-state index contributed by atoms with van der Waals surface area (Å²) in [6.45, 7) is 0. The van der Waals surface area contributed by atoms with E-state index in [1.54, 1.807) is 0 Å². The lowest BCUT2D eigenvalue weighted by Gasteiger charge is -2.24. The molecule has 1 aliphatic heterocycles. The monoisotopic (exact) mass is 217 g/mol. The molecule has 0 aromatic carbocycles. The van der Waals surface area contributed by atoms with Crippen LogP contribution in [0.15, 0.2) is 21.6 Å². The maximum atomic E-state index is 10.6. The van der Waals surface area contributed by atoms with Crippen molar-refractivity contribution in [3.8, 4) is 0 Å². The maximum Gasteiger partial charge on any atom is 0.328 e. The molecule has 1 saturated heterocycles. The van der Waals surface area contributed by atoms with Crippen LogP contribution in [-0.4, -0.2) is 18.9 Å². The molecule has 76 valence electrons. The van der Waals surface area contributed by atoms with Gasteiger partial charge in [-0.1, -0.05) is 0 Å². The van der Waals surface area contributed by atoms with Gasteiger partial charge in [0.2, 0.25) is 11.0 Å². The van der Waals surface area contributed by atoms with E-state index in [0.29, 0.717) is 5.76 Å². The summed E-state index contributed by atoms with van der Waals surface area (Å²) in [5, 5.41) is 2.01. The second-order valence-electron chi connectivity index (χ2n) is 2.96. The van der Waals surface area contributed by atoms with E-state index in [4.69, 9.17) is 8.97 Å². The molecule has 14 heavy (non-hydrogen) atoms. The first kappa shape index (κ1) is 9.22. The summed E-state index contributed by atoms with van der Waals surface area (Å²) in [6.07, 6.45) is 0.276. The van der Waals surface area contributed by atoms with Gasteiger partial charge in [-0.2, -0.15) is 8.42 Å². The number of carbonyl (C=O) groups excluding carboxylic acids is 1. The smallest absolute Gasteiger partial charge is 0.328 e. The fraction of sp³-hybridized carbons (Fsp3) is 0.286. The second kappa shape index (κ2) is 2.82. The van der Waals surface area contributed by atoms with Crippen LogP contribution in [0.2, 0.25) is 0 Å². The van der Waals surface area contributed by atoms with E-state index in [2.05, 4.69) is 5.32 Å². The topological polar surface area (TPSA) is 96.6 Å². The quantitative estimate of drug-likeness (QED) is 0.540. The van der Waals surface area contributed by atoms with Crippen LogP contribution >= 0.6 is 0 Å². The van der Waals surface area contributed by atoms with Crippen LogP contribution in [0.3, 0.4) is 0 Å². The van der Waals surface area contributed by atoms with Crippen molar-refractivity contribution in [3.05, 3.63) is 17.9 Å². The van der Waals surface area contributed by atoms with Crippen molar-refractivity contribution in [1.82, 2.24) is 5.32 Å². The van der Waals surface area contributed by atoms with Crippen molar-refractivity contribution in [1.29, 1.82) is 0 Å². The lowest BCUT2D eigenvalue weighted by molar-refractivity contribution is -0.128. The fourth-order valence-electron chi connectivity index (χ4n) is 1.19. The SMILES string of the molecule is O=C1CC(c2ccc(S(=O)(=O)O)o2)N1. The average molecular weight is 217 g/mol. The van der Waals surface area contributed by atoms with E-state index in [0.717, 1.165) is 6.07 Å². The minimum atomic E-state index is -4.29. The molecule has 0 aliphatic carbocycles. The largest absolute Gasteiger partial charge is 0.445 e. The van der Waals surface area contributed by atoms with Crippen LogP contribution in [0.1, 0.15) is 18.2 Å². The molecule has 2 heterocycles. The van der Waals surface area contributed by atoms with Crippen molar-refractivity contribution in [2.75, 3.05) is 0 Å². The number of hydrogen-bond donors (Lipinski definition) is 2. The minimum absolute atomic E-state index is 0.111. The Balaban J connectivity index is 2.23. The Bertz CT molecular complexity index is 466. The third-order valence-electron chi connectivity index (χ3n) is 1.92. The molecule has 1 amide bonds. The van der Waals surface area contributed by atoms with Crippen molar-refractivity contribution in [3.63, 3.8) is 0 Å². The number of hydrogen-bond acceptors (Lipinski definition) is 4. The molecule has 0 radical (unpaired) electrons. The van der Waals surface area contributed by atoms with Gasteiger partial charge >= 0.3 is 10.1 Å². The van der Waals surface area contributed by atoms with Crippen molar-refractivity contribution in [2.24, 2.45) is 0 Å². The highest BCUT2D eigenvalue weighted by molar-refractivity contribution is 7.85. The van der Waals surface area contributed by atoms with Gasteiger partial charge in [0.15, 0.2) is 0 Å². The second-order valence-corrected chi connectivity index (χ2v) is 4.31. The summed E-state index contributed by atoms with van der Waals surface area (Å²) in [6, 6.07) is 2.28. The van der Waals surface area contributed by atoms with Crippen LogP contribution in [0.25, 0.3) is 0 Å². The number of β-lactam (4-membered cyclic amide) rings is 1. The zero-order valence-corrected chi connectivity index (χ0v) is 7.74. The Morgan fingerprint density at radius 1 is 1.50 bits per heavy atom. The van der Waals surface area contributed by atoms with Crippen LogP contribution in [0.5, 0.6) is 0 Å². The highest BCUT2D eigenvalue weighted by atomic mass is 32.2. The molecule has 1 unspecified atom stereocenters. The summed E-state index contributed by atoms with van der Waals surface area (Å²) in [5.74, 6) is 0.219. The standard InChI is InChI=1S/C7H7NO5S/c9-6-3-4(8-6)5-1-2-7(13-5)14(10,11)12/h1-2,4H,3H2,(H,8,9)(H,10,11,12). The summed E-state index contributed by atoms with van der Waals surface area (Å²) in [5.41, 5.74) is 0. The van der Waals surface area contributed by atoms with E-state index in [1.165, 1.54) is 6.07 Å². The van der Waals surface area contributed by atoms with E-state index in [9.17, 15) is 13.2 Å². The third-order valence-corrected chi connectivity index (χ3v) is 2.65. The normalized spacial score (nSPS) is 21.5. The molecule has 2 N–H and O–H groups in total. The number of nitrogens with one attached hydrogen (secondary N) is 1. The third kappa shape index (κ3) is 1.51. The lowest BCUT2D eigenvalue weighted by atomic mass is 10.0. The number of furan rings is 1. The molecule has 1 aliphatic rings. The van der Waals surface area contributed by atoms with Crippen LogP contribution < -0.4 is 5.32 Å². The molecule has 7 heteroatoms. The van der Waals surface area contributed by atoms with Gasteiger partial charge in [0.25, 0.3) is 0 Å². The molecule has 6 nitrogen and oxygen atoms in total. The van der Waals surface area contributed by atoms with E-state index < -0.39 is 15.2 Å². The van der Waals surface area contributed by atoms with E-state index in [-0.39, 0.29) is 18.4 Å². The highest BCUT2D eigenvalue weighted by Crippen LogP contribution is 2.26. The van der Waals surface area contributed by atoms with E-state index in [1.807, 2.05) is 0 Å². The molecule has 0 spiro atoms. The lowest BCUT2D eigenvalue weighted by Crippen LogP contribution is -2.41. The minimum Gasteiger partial charge on any atom is -0.445 e. The van der Waals surface area contributed by atoms with Crippen LogP contribution in [-0.2, 0) is 14.9 Å². The summed E-state index contributed by atoms with van der Waals surface area (Å²) < 4.78 is 34.7. The highest BCUT2D eigenvalue weighted by Gasteiger charge is 2.30. The van der Waals surface area contributed by atoms with Gasteiger partial charge in [0, 0.05) is 0 Å². The molecule has 1 atom stereocenters. The number of rotatable bonds is 2. The first-order valence-corrected chi connectivity index (χ1v) is 5.27. The molecular weight excluding hydrogens is 210 g/mol. The van der Waals surface area contributed by atoms with Gasteiger partial charge in [0.1, 0.15) is 5.76 Å². The van der Waals surface area contributed by atoms with Gasteiger partial charge in [-0.05, 0) is 12.1 Å². The molecule has 1 fully saturated rings. The average Bonchev–Trinajstić information content (AvgIpc) is 2.45. The zero-order chi connectivity index (χ0) is 10.3. The summed E-state index contributed by atoms with van der Waals surface area (Å²) in [4.78, 5) is 10.6. The van der Waals surface area contributed by atoms with Crippen molar-refractivity contribution in [2.45, 2.75) is 17.6 Å². The van der Waals surface area contributed by atoms with Gasteiger partial charge in [-0.3, -0.25) is 9.35 Å². The summed E-state index contributed by atoms with van der Waals surface area (Å²) in [7, 11) is -4.29. The summed E-state index contributed by atoms with van der Waals surface area (Å²) >= 11 is 0. The van der Waals surface area contributed by atoms with Crippen LogP contribution in [0.4, 0.5) is 0 Å². The van der Waals surface area contributed by atoms with E-state index >= 15 is 0 Å². The van der Waals surface area contributed by atoms with Gasteiger partial charge in [0.05, 0.1) is 12.5 Å². The Morgan fingerprint density at radius 2 is 2.14 bits per heavy atom. The van der Waals surface area contributed by atoms with Crippen molar-refractivity contribution >= 4 is 16.0 Å². The Kier molecular flexibility index (Phi) is 1.86. The first-order chi connectivity index (χ1) is 6.47. The maximum absolute atomic E-state index is 10.6. The molecule has 0 bridgehead atoms. The Hall–Kier alpha value is -1.34. The van der Waals surface area contributed by atoms with Gasteiger partial charge < -0.3 is 9.73 Å². The molecule has 1 aromatic heterocycles. The number of carbonyl (C=O) groups is 1. The predicted molar refractivity (Wildman–Crippen MR) is 44.0 cm³/mol. The van der Waals surface area contributed by atoms with Gasteiger partial charge in [-0.15, -0.1) is 0 Å². The van der Waals surface area contributed by atoms with Gasteiger partial charge in [-0.25, -0.2) is 0 Å². The molecule has 1 aromatic rings. The molecule has 2 rings (SSSR count). The Morgan fingerprint density at radius 3 is 2.57 bits per heavy atom. The van der Waals surface area contributed by atoms with Crippen molar-refractivity contribution < 1.29 is 22.2 Å². The molecule has 0 saturated carbocycles. The van der Waals surface area contributed by atoms with Crippen LogP contribution in [0, 0.1) is 0 Å².